The molecule has 114 valence electrons. The Bertz CT molecular complexity index is 645. The number of nitrogens with two attached hydrogens (primary N) is 1. The van der Waals surface area contributed by atoms with Crippen LogP contribution in [0.15, 0.2) is 16.7 Å². The van der Waals surface area contributed by atoms with Crippen LogP contribution in [0, 0.1) is 11.6 Å². The predicted octanol–water partition coefficient (Wildman–Crippen LogP) is 3.26. The largest absolute Gasteiger partial charge is 0.396 e. The van der Waals surface area contributed by atoms with E-state index >= 15 is 0 Å². The molecule has 0 spiro atoms. The Hall–Kier alpha value is -2.02. The first-order valence-corrected chi connectivity index (χ1v) is 6.64. The van der Waals surface area contributed by atoms with Crippen LogP contribution in [0.25, 0.3) is 11.5 Å². The fourth-order valence-corrected chi connectivity index (χ4v) is 1.92. The zero-order chi connectivity index (χ0) is 15.6. The molecule has 2 N–H and O–H groups in total. The van der Waals surface area contributed by atoms with Gasteiger partial charge in [-0.15, -0.1) is 0 Å². The molecule has 2 aromatic rings. The zero-order valence-electron chi connectivity index (χ0n) is 12.1. The van der Waals surface area contributed by atoms with E-state index in [1.807, 2.05) is 20.8 Å². The molecule has 0 aliphatic carbocycles. The van der Waals surface area contributed by atoms with Gasteiger partial charge in [-0.25, -0.2) is 8.78 Å². The van der Waals surface area contributed by atoms with E-state index in [0.29, 0.717) is 24.9 Å². The smallest absolute Gasteiger partial charge is 0.261 e. The molecule has 0 aliphatic heterocycles. The highest BCUT2D eigenvalue weighted by atomic mass is 19.1. The second-order valence-corrected chi connectivity index (χ2v) is 4.79. The summed E-state index contributed by atoms with van der Waals surface area (Å²) in [5.41, 5.74) is 4.49. The van der Waals surface area contributed by atoms with Crippen molar-refractivity contribution in [1.29, 1.82) is 0 Å². The summed E-state index contributed by atoms with van der Waals surface area (Å²) < 4.78 is 37.7. The fourth-order valence-electron chi connectivity index (χ4n) is 1.92. The first kappa shape index (κ1) is 15.4. The monoisotopic (exact) mass is 297 g/mol. The van der Waals surface area contributed by atoms with Gasteiger partial charge in [0, 0.05) is 12.7 Å². The normalized spacial score (nSPS) is 14.1. The molecule has 2 rings (SSSR count). The number of hydrogen-bond donors (Lipinski definition) is 1. The van der Waals surface area contributed by atoms with Crippen molar-refractivity contribution in [3.8, 4) is 11.5 Å². The molecule has 7 heteroatoms. The molecule has 1 heterocycles. The van der Waals surface area contributed by atoms with Crippen LogP contribution in [-0.4, -0.2) is 16.7 Å². The molecule has 0 amide bonds. The van der Waals surface area contributed by atoms with Crippen molar-refractivity contribution < 1.29 is 18.0 Å². The fraction of sp³-hybridized carbons (Fsp3) is 0.429. The highest BCUT2D eigenvalue weighted by molar-refractivity contribution is 5.61. The van der Waals surface area contributed by atoms with Crippen LogP contribution >= 0.6 is 0 Å². The molecule has 0 fully saturated rings. The molecule has 1 aromatic heterocycles. The summed E-state index contributed by atoms with van der Waals surface area (Å²) in [6.07, 6.45) is 0.619. The summed E-state index contributed by atoms with van der Waals surface area (Å²) in [4.78, 5) is 4.15. The Morgan fingerprint density at radius 1 is 1.29 bits per heavy atom. The quantitative estimate of drug-likeness (QED) is 0.857. The highest BCUT2D eigenvalue weighted by Gasteiger charge is 2.31. The summed E-state index contributed by atoms with van der Waals surface area (Å²) in [5.74, 6) is -1.40. The second kappa shape index (κ2) is 5.77. The number of halogens is 2. The van der Waals surface area contributed by atoms with Crippen LogP contribution in [0.4, 0.5) is 14.5 Å². The van der Waals surface area contributed by atoms with E-state index in [0.717, 1.165) is 6.07 Å². The maximum atomic E-state index is 13.8. The van der Waals surface area contributed by atoms with Gasteiger partial charge in [0.2, 0.25) is 5.82 Å². The van der Waals surface area contributed by atoms with Crippen LogP contribution in [-0.2, 0) is 10.3 Å². The Morgan fingerprint density at radius 3 is 2.62 bits per heavy atom. The van der Waals surface area contributed by atoms with Crippen molar-refractivity contribution >= 4 is 5.69 Å². The molecule has 0 radical (unpaired) electrons. The summed E-state index contributed by atoms with van der Waals surface area (Å²) >= 11 is 0. The maximum absolute atomic E-state index is 13.8. The average Bonchev–Trinajstić information content (AvgIpc) is 2.93. The van der Waals surface area contributed by atoms with E-state index in [-0.39, 0.29) is 17.1 Å². The van der Waals surface area contributed by atoms with Gasteiger partial charge in [-0.3, -0.25) is 0 Å². The van der Waals surface area contributed by atoms with Gasteiger partial charge in [0.15, 0.2) is 0 Å². The number of nitrogens with zero attached hydrogens (tertiary/aromatic N) is 2. The van der Waals surface area contributed by atoms with Gasteiger partial charge in [-0.1, -0.05) is 12.1 Å². The minimum Gasteiger partial charge on any atom is -0.396 e. The van der Waals surface area contributed by atoms with Gasteiger partial charge < -0.3 is 15.0 Å². The van der Waals surface area contributed by atoms with Gasteiger partial charge >= 0.3 is 0 Å². The van der Waals surface area contributed by atoms with Crippen LogP contribution in [0.1, 0.15) is 33.0 Å². The molecular formula is C14H17F2N3O2. The lowest BCUT2D eigenvalue weighted by atomic mass is 10.0. The second-order valence-electron chi connectivity index (χ2n) is 4.79. The zero-order valence-corrected chi connectivity index (χ0v) is 12.1. The van der Waals surface area contributed by atoms with Crippen molar-refractivity contribution in [3.05, 3.63) is 29.6 Å². The first-order valence-electron chi connectivity index (χ1n) is 6.64. The molecule has 0 saturated carbocycles. The van der Waals surface area contributed by atoms with E-state index in [2.05, 4.69) is 10.1 Å². The number of aromatic nitrogens is 2. The SMILES string of the molecule is CCOC(C)(CC)c1noc(-c2cc(N)c(F)cc2F)n1. The molecule has 1 atom stereocenters. The summed E-state index contributed by atoms with van der Waals surface area (Å²) in [6.45, 7) is 6.07. The number of anilines is 1. The molecule has 0 bridgehead atoms. The molecule has 0 saturated heterocycles. The van der Waals surface area contributed by atoms with E-state index in [9.17, 15) is 8.78 Å². The van der Waals surface area contributed by atoms with Crippen molar-refractivity contribution in [2.75, 3.05) is 12.3 Å². The van der Waals surface area contributed by atoms with Crippen LogP contribution in [0.3, 0.4) is 0 Å². The summed E-state index contributed by atoms with van der Waals surface area (Å²) in [7, 11) is 0. The van der Waals surface area contributed by atoms with E-state index in [1.54, 1.807) is 0 Å². The molecule has 21 heavy (non-hydrogen) atoms. The third-order valence-corrected chi connectivity index (χ3v) is 3.35. The van der Waals surface area contributed by atoms with Crippen LogP contribution in [0.5, 0.6) is 0 Å². The third kappa shape index (κ3) is 2.87. The summed E-state index contributed by atoms with van der Waals surface area (Å²) in [5, 5.41) is 3.83. The van der Waals surface area contributed by atoms with Gasteiger partial charge in [0.05, 0.1) is 11.3 Å². The van der Waals surface area contributed by atoms with Crippen LogP contribution in [0.2, 0.25) is 0 Å². The van der Waals surface area contributed by atoms with Crippen molar-refractivity contribution in [3.63, 3.8) is 0 Å². The maximum Gasteiger partial charge on any atom is 0.261 e. The molecule has 1 unspecified atom stereocenters. The number of benzene rings is 1. The number of rotatable bonds is 5. The summed E-state index contributed by atoms with van der Waals surface area (Å²) in [6, 6.07) is 1.82. The minimum atomic E-state index is -0.830. The van der Waals surface area contributed by atoms with Crippen molar-refractivity contribution in [2.24, 2.45) is 0 Å². The van der Waals surface area contributed by atoms with Gasteiger partial charge in [0.1, 0.15) is 17.2 Å². The number of ether oxygens (including phenoxy) is 1. The van der Waals surface area contributed by atoms with Gasteiger partial charge in [-0.05, 0) is 26.3 Å². The highest BCUT2D eigenvalue weighted by Crippen LogP contribution is 2.30. The van der Waals surface area contributed by atoms with Crippen LogP contribution < -0.4 is 5.73 Å². The first-order chi connectivity index (χ1) is 9.91. The lowest BCUT2D eigenvalue weighted by Crippen LogP contribution is -2.26. The molecular weight excluding hydrogens is 280 g/mol. The standard InChI is InChI=1S/C14H17F2N3O2/c1-4-14(3,20-5-2)13-18-12(21-19-13)8-6-11(17)10(16)7-9(8)15/h6-7H,4-5,17H2,1-3H3. The molecule has 5 nitrogen and oxygen atoms in total. The molecule has 0 aliphatic rings. The third-order valence-electron chi connectivity index (χ3n) is 3.35. The molecule has 1 aromatic carbocycles. The van der Waals surface area contributed by atoms with Crippen molar-refractivity contribution in [2.45, 2.75) is 32.8 Å². The van der Waals surface area contributed by atoms with E-state index in [4.69, 9.17) is 15.0 Å². The predicted molar refractivity (Wildman–Crippen MR) is 73.3 cm³/mol. The van der Waals surface area contributed by atoms with E-state index < -0.39 is 17.2 Å². The van der Waals surface area contributed by atoms with E-state index in [1.165, 1.54) is 0 Å². The Balaban J connectivity index is 2.43. The Morgan fingerprint density at radius 2 is 2.00 bits per heavy atom. The topological polar surface area (TPSA) is 74.2 Å². The lowest BCUT2D eigenvalue weighted by Gasteiger charge is -2.23. The Kier molecular flexibility index (Phi) is 4.22. The average molecular weight is 297 g/mol. The van der Waals surface area contributed by atoms with Gasteiger partial charge in [0.25, 0.3) is 5.89 Å². The lowest BCUT2D eigenvalue weighted by molar-refractivity contribution is -0.0403. The van der Waals surface area contributed by atoms with Crippen molar-refractivity contribution in [1.82, 2.24) is 10.1 Å². The Labute approximate surface area is 121 Å². The minimum absolute atomic E-state index is 0.0393. The number of nitrogen functional groups attached to an aromatic ring is 1. The van der Waals surface area contributed by atoms with Gasteiger partial charge in [-0.2, -0.15) is 4.98 Å². The number of hydrogen-bond acceptors (Lipinski definition) is 5.